The topological polar surface area (TPSA) is 111 Å². The number of hydrazine groups is 1. The van der Waals surface area contributed by atoms with Crippen LogP contribution in [-0.2, 0) is 17.8 Å². The Morgan fingerprint density at radius 2 is 1.95 bits per heavy atom. The third-order valence-corrected chi connectivity index (χ3v) is 8.25. The summed E-state index contributed by atoms with van der Waals surface area (Å²) in [7, 11) is 0. The predicted octanol–water partition coefficient (Wildman–Crippen LogP) is 3.85. The second kappa shape index (κ2) is 10.9. The summed E-state index contributed by atoms with van der Waals surface area (Å²) in [4.78, 5) is 33.3. The van der Waals surface area contributed by atoms with Gasteiger partial charge in [0.05, 0.1) is 0 Å². The Labute approximate surface area is 242 Å². The molecule has 2 aromatic carbocycles. The van der Waals surface area contributed by atoms with Gasteiger partial charge in [-0.2, -0.15) is 5.01 Å². The number of benzene rings is 2. The van der Waals surface area contributed by atoms with E-state index in [-0.39, 0.29) is 24.0 Å². The first-order valence-corrected chi connectivity index (χ1v) is 14.3. The molecule has 1 aromatic heterocycles. The molecular weight excluding hydrogens is 541 g/mol. The van der Waals surface area contributed by atoms with Crippen molar-refractivity contribution in [2.24, 2.45) is 0 Å². The molecule has 2 fully saturated rings. The molecule has 4 aliphatic rings. The van der Waals surface area contributed by atoms with Gasteiger partial charge in [0.15, 0.2) is 6.23 Å². The molecule has 3 amide bonds. The average molecular weight is 574 g/mol. The molecular formula is C30H32FN7O4. The molecule has 3 N–H and O–H groups in total. The summed E-state index contributed by atoms with van der Waals surface area (Å²) in [5, 5.41) is 7.20. The van der Waals surface area contributed by atoms with Crippen LogP contribution < -0.4 is 25.5 Å². The lowest BCUT2D eigenvalue weighted by Crippen LogP contribution is -2.45. The van der Waals surface area contributed by atoms with Crippen LogP contribution in [0.25, 0.3) is 0 Å². The summed E-state index contributed by atoms with van der Waals surface area (Å²) in [6.07, 6.45) is 2.22. The van der Waals surface area contributed by atoms with Crippen molar-refractivity contribution >= 4 is 23.4 Å². The Balaban J connectivity index is 0.953. The van der Waals surface area contributed by atoms with Crippen molar-refractivity contribution in [1.29, 1.82) is 0 Å². The number of nitrogens with zero attached hydrogens (tertiary/aromatic N) is 4. The molecule has 0 spiro atoms. The molecule has 2 saturated heterocycles. The van der Waals surface area contributed by atoms with Gasteiger partial charge in [-0.25, -0.2) is 14.2 Å². The van der Waals surface area contributed by atoms with Crippen molar-refractivity contribution in [3.05, 3.63) is 71.2 Å². The van der Waals surface area contributed by atoms with Crippen LogP contribution in [-0.4, -0.2) is 70.7 Å². The number of carbonyl (C=O) groups is 2. The lowest BCUT2D eigenvalue weighted by molar-refractivity contribution is -0.116. The van der Waals surface area contributed by atoms with Crippen LogP contribution in [0.5, 0.6) is 17.2 Å². The Hall–Kier alpha value is -4.26. The van der Waals surface area contributed by atoms with Gasteiger partial charge < -0.3 is 25.0 Å². The van der Waals surface area contributed by atoms with Gasteiger partial charge in [-0.05, 0) is 49.4 Å². The minimum atomic E-state index is -0.477. The molecule has 0 aliphatic carbocycles. The monoisotopic (exact) mass is 573 g/mol. The highest BCUT2D eigenvalue weighted by atomic mass is 19.1. The number of anilines is 2. The quantitative estimate of drug-likeness (QED) is 0.366. The van der Waals surface area contributed by atoms with E-state index in [0.717, 1.165) is 49.6 Å². The lowest BCUT2D eigenvalue weighted by atomic mass is 10.1. The normalized spacial score (nSPS) is 22.7. The standard InChI is InChI=1S/C30H32FN7O4/c1-2-36-11-13-37(14-12-36)17-18-3-4-19(15-23(18)31)33-30(40)35-38-27-22-16-20(5-7-24(22)42-29(27)38)41-25-9-10-32-28-21(25)6-8-26(39)34-28/h3-5,7,9-10,15-16,27,29H,2,6,8,11-14,17H2,1H3,(H,32,34,39)(H2,33,35,40)/t27-,29+,38?/m1/s1. The van der Waals surface area contributed by atoms with E-state index in [1.165, 1.54) is 6.07 Å². The van der Waals surface area contributed by atoms with Crippen LogP contribution in [0.3, 0.4) is 0 Å². The first kappa shape index (κ1) is 26.6. The van der Waals surface area contributed by atoms with Gasteiger partial charge in [0.1, 0.15) is 34.9 Å². The fraction of sp³-hybridized carbons (Fsp3) is 0.367. The van der Waals surface area contributed by atoms with E-state index in [0.29, 0.717) is 48.0 Å². The molecule has 218 valence electrons. The molecule has 3 aromatic rings. The molecule has 42 heavy (non-hydrogen) atoms. The fourth-order valence-corrected chi connectivity index (χ4v) is 5.84. The number of piperazine rings is 1. The smallest absolute Gasteiger partial charge is 0.333 e. The number of fused-ring (bicyclic) bond motifs is 4. The second-order valence-corrected chi connectivity index (χ2v) is 10.9. The molecule has 0 bridgehead atoms. The zero-order valence-corrected chi connectivity index (χ0v) is 23.2. The van der Waals surface area contributed by atoms with Crippen LogP contribution in [0.1, 0.15) is 36.1 Å². The zero-order chi connectivity index (χ0) is 28.8. The molecule has 11 nitrogen and oxygen atoms in total. The van der Waals surface area contributed by atoms with Gasteiger partial charge in [-0.15, -0.1) is 0 Å². The van der Waals surface area contributed by atoms with E-state index < -0.39 is 6.03 Å². The fourth-order valence-electron chi connectivity index (χ4n) is 5.84. The van der Waals surface area contributed by atoms with Crippen LogP contribution >= 0.6 is 0 Å². The van der Waals surface area contributed by atoms with E-state index in [1.807, 2.05) is 18.2 Å². The summed E-state index contributed by atoms with van der Waals surface area (Å²) in [6, 6.07) is 11.5. The lowest BCUT2D eigenvalue weighted by Gasteiger charge is -2.34. The van der Waals surface area contributed by atoms with Gasteiger partial charge in [0.2, 0.25) is 5.91 Å². The van der Waals surface area contributed by atoms with Crippen molar-refractivity contribution < 1.29 is 23.5 Å². The Kier molecular flexibility index (Phi) is 6.88. The van der Waals surface area contributed by atoms with Crippen molar-refractivity contribution in [3.8, 4) is 17.2 Å². The SMILES string of the molecule is CCN1CCN(Cc2ccc(NC(=O)NN3[C@@H]4c5cc(Oc6ccnc7c6CCC(=O)N7)ccc5O[C@@H]43)cc2F)CC1. The average Bonchev–Trinajstić information content (AvgIpc) is 3.50. The number of nitrogens with one attached hydrogen (secondary N) is 3. The van der Waals surface area contributed by atoms with Crippen molar-refractivity contribution in [3.63, 3.8) is 0 Å². The maximum absolute atomic E-state index is 14.9. The van der Waals surface area contributed by atoms with Crippen LogP contribution in [0, 0.1) is 5.82 Å². The molecule has 4 aliphatic heterocycles. The summed E-state index contributed by atoms with van der Waals surface area (Å²) < 4.78 is 27.0. The predicted molar refractivity (Wildman–Crippen MR) is 153 cm³/mol. The van der Waals surface area contributed by atoms with Crippen molar-refractivity contribution in [1.82, 2.24) is 25.2 Å². The highest BCUT2D eigenvalue weighted by molar-refractivity contribution is 5.93. The zero-order valence-electron chi connectivity index (χ0n) is 23.2. The van der Waals surface area contributed by atoms with Crippen LogP contribution in [0.15, 0.2) is 48.7 Å². The summed E-state index contributed by atoms with van der Waals surface area (Å²) in [6.45, 7) is 7.56. The van der Waals surface area contributed by atoms with Gasteiger partial charge >= 0.3 is 6.03 Å². The minimum absolute atomic E-state index is 0.0584. The molecule has 5 heterocycles. The molecule has 3 atom stereocenters. The van der Waals surface area contributed by atoms with E-state index in [4.69, 9.17) is 9.47 Å². The minimum Gasteiger partial charge on any atom is -0.471 e. The van der Waals surface area contributed by atoms with Crippen LogP contribution in [0.2, 0.25) is 0 Å². The van der Waals surface area contributed by atoms with Gasteiger partial charge in [-0.1, -0.05) is 13.0 Å². The Morgan fingerprint density at radius 3 is 2.76 bits per heavy atom. The third-order valence-electron chi connectivity index (χ3n) is 8.25. The first-order chi connectivity index (χ1) is 20.4. The first-order valence-electron chi connectivity index (χ1n) is 14.3. The Bertz CT molecular complexity index is 1540. The molecule has 7 rings (SSSR count). The number of halogens is 1. The number of rotatable bonds is 7. The summed E-state index contributed by atoms with van der Waals surface area (Å²) in [5.41, 5.74) is 5.55. The molecule has 12 heteroatoms. The van der Waals surface area contributed by atoms with Gasteiger partial charge in [0, 0.05) is 67.7 Å². The second-order valence-electron chi connectivity index (χ2n) is 10.9. The number of hydrogen-bond acceptors (Lipinski definition) is 8. The summed E-state index contributed by atoms with van der Waals surface area (Å²) in [5.74, 6) is 2.11. The number of carbonyl (C=O) groups excluding carboxylic acids is 2. The number of amides is 3. The number of pyridine rings is 1. The van der Waals surface area contributed by atoms with Crippen LogP contribution in [0.4, 0.5) is 20.7 Å². The van der Waals surface area contributed by atoms with Gasteiger partial charge in [-0.3, -0.25) is 15.1 Å². The number of likely N-dealkylation sites (N-methyl/N-ethyl adjacent to an activating group) is 1. The maximum atomic E-state index is 14.9. The van der Waals surface area contributed by atoms with E-state index in [2.05, 4.69) is 37.8 Å². The van der Waals surface area contributed by atoms with Crippen molar-refractivity contribution in [2.45, 2.75) is 38.6 Å². The van der Waals surface area contributed by atoms with E-state index in [9.17, 15) is 14.0 Å². The van der Waals surface area contributed by atoms with Crippen molar-refractivity contribution in [2.75, 3.05) is 43.4 Å². The largest absolute Gasteiger partial charge is 0.471 e. The van der Waals surface area contributed by atoms with E-state index >= 15 is 0 Å². The van der Waals surface area contributed by atoms with Gasteiger partial charge in [0.25, 0.3) is 0 Å². The maximum Gasteiger partial charge on any atom is 0.333 e. The number of aromatic nitrogens is 1. The highest BCUT2D eigenvalue weighted by Gasteiger charge is 2.58. The number of ether oxygens (including phenoxy) is 2. The summed E-state index contributed by atoms with van der Waals surface area (Å²) >= 11 is 0. The third kappa shape index (κ3) is 5.24. The highest BCUT2D eigenvalue weighted by Crippen LogP contribution is 2.53. The molecule has 0 saturated carbocycles. The Morgan fingerprint density at radius 1 is 1.12 bits per heavy atom. The number of hydrogen-bond donors (Lipinski definition) is 3. The number of urea groups is 1. The molecule has 1 unspecified atom stereocenters. The molecule has 0 radical (unpaired) electrons. The van der Waals surface area contributed by atoms with E-state index in [1.54, 1.807) is 29.4 Å².